The van der Waals surface area contributed by atoms with Crippen molar-refractivity contribution in [3.63, 3.8) is 0 Å². The molecule has 98 valence electrons. The molecule has 0 spiro atoms. The Balaban J connectivity index is 2.99. The summed E-state index contributed by atoms with van der Waals surface area (Å²) in [7, 11) is 0. The van der Waals surface area contributed by atoms with Crippen LogP contribution in [0.4, 0.5) is 0 Å². The summed E-state index contributed by atoms with van der Waals surface area (Å²) in [6, 6.07) is 4.05. The van der Waals surface area contributed by atoms with Gasteiger partial charge >= 0.3 is 0 Å². The van der Waals surface area contributed by atoms with Crippen molar-refractivity contribution in [3.8, 4) is 0 Å². The van der Waals surface area contributed by atoms with Crippen molar-refractivity contribution >= 4 is 23.4 Å². The lowest BCUT2D eigenvalue weighted by atomic mass is 10.1. The minimum Gasteiger partial charge on any atom is -0.310 e. The lowest BCUT2D eigenvalue weighted by Crippen LogP contribution is -2.26. The van der Waals surface area contributed by atoms with Gasteiger partial charge in [-0.3, -0.25) is 4.57 Å². The summed E-state index contributed by atoms with van der Waals surface area (Å²) < 4.78 is 5.17. The molecule has 0 amide bonds. The van der Waals surface area contributed by atoms with Gasteiger partial charge in [0.1, 0.15) is 0 Å². The van der Waals surface area contributed by atoms with Crippen LogP contribution >= 0.6 is 12.2 Å². The Kier molecular flexibility index (Phi) is 2.89. The van der Waals surface area contributed by atoms with Gasteiger partial charge in [0.2, 0.25) is 0 Å². The quantitative estimate of drug-likeness (QED) is 0.668. The first kappa shape index (κ1) is 13.3. The fourth-order valence-electron chi connectivity index (χ4n) is 2.28. The highest BCUT2D eigenvalue weighted by Crippen LogP contribution is 2.28. The van der Waals surface area contributed by atoms with E-state index in [1.165, 1.54) is 0 Å². The third kappa shape index (κ3) is 1.99. The highest BCUT2D eigenvalue weighted by Gasteiger charge is 2.25. The summed E-state index contributed by atoms with van der Waals surface area (Å²) in [5.41, 5.74) is 1.95. The molecule has 0 radical (unpaired) electrons. The summed E-state index contributed by atoms with van der Waals surface area (Å²) in [5, 5.41) is 0. The van der Waals surface area contributed by atoms with E-state index in [2.05, 4.69) is 61.7 Å². The fourth-order valence-corrected chi connectivity index (χ4v) is 3.01. The maximum absolute atomic E-state index is 5.68. The Morgan fingerprint density at radius 1 is 1.00 bits per heavy atom. The van der Waals surface area contributed by atoms with E-state index in [4.69, 9.17) is 12.2 Å². The molecular weight excluding hydrogens is 242 g/mol. The average molecular weight is 263 g/mol. The number of hydrogen-bond donors (Lipinski definition) is 0. The molecular formula is C14H21N3S. The van der Waals surface area contributed by atoms with Gasteiger partial charge < -0.3 is 4.57 Å². The predicted molar refractivity (Wildman–Crippen MR) is 78.5 cm³/mol. The highest BCUT2D eigenvalue weighted by atomic mass is 32.1. The fraction of sp³-hybridized carbons (Fsp3) is 0.571. The van der Waals surface area contributed by atoms with Crippen LogP contribution in [0.5, 0.6) is 0 Å². The topological polar surface area (TPSA) is 22.8 Å². The van der Waals surface area contributed by atoms with Gasteiger partial charge in [-0.2, -0.15) is 0 Å². The van der Waals surface area contributed by atoms with E-state index >= 15 is 0 Å². The lowest BCUT2D eigenvalue weighted by Gasteiger charge is -2.24. The van der Waals surface area contributed by atoms with Gasteiger partial charge in [-0.15, -0.1) is 0 Å². The van der Waals surface area contributed by atoms with Crippen LogP contribution in [-0.2, 0) is 11.1 Å². The van der Waals surface area contributed by atoms with Crippen molar-refractivity contribution < 1.29 is 0 Å². The molecule has 2 heterocycles. The third-order valence-electron chi connectivity index (χ3n) is 2.94. The minimum atomic E-state index is -0.0693. The third-order valence-corrected chi connectivity index (χ3v) is 3.31. The SMILES string of the molecule is CC(C)(C)n1c(=S)n(C(C)(C)C)c2ncccc21. The maximum atomic E-state index is 5.68. The molecule has 0 bridgehead atoms. The monoisotopic (exact) mass is 263 g/mol. The molecule has 18 heavy (non-hydrogen) atoms. The predicted octanol–water partition coefficient (Wildman–Crippen LogP) is 4.08. The molecule has 0 atom stereocenters. The molecule has 0 aromatic carbocycles. The van der Waals surface area contributed by atoms with Crippen molar-refractivity contribution in [2.45, 2.75) is 52.6 Å². The lowest BCUT2D eigenvalue weighted by molar-refractivity contribution is 0.360. The number of fused-ring (bicyclic) bond motifs is 1. The van der Waals surface area contributed by atoms with Crippen molar-refractivity contribution in [2.24, 2.45) is 0 Å². The van der Waals surface area contributed by atoms with Crippen LogP contribution in [0.25, 0.3) is 11.2 Å². The molecule has 0 aliphatic rings. The summed E-state index contributed by atoms with van der Waals surface area (Å²) in [6.45, 7) is 13.0. The molecule has 2 aromatic heterocycles. The van der Waals surface area contributed by atoms with Crippen LogP contribution in [0.1, 0.15) is 41.5 Å². The van der Waals surface area contributed by atoms with E-state index in [0.29, 0.717) is 0 Å². The summed E-state index contributed by atoms with van der Waals surface area (Å²) in [5.74, 6) is 0. The molecule has 0 fully saturated rings. The number of nitrogens with zero attached hydrogens (tertiary/aromatic N) is 3. The largest absolute Gasteiger partial charge is 0.310 e. The van der Waals surface area contributed by atoms with Gasteiger partial charge in [-0.05, 0) is 65.9 Å². The standard InChI is InChI=1S/C14H21N3S/c1-13(2,3)16-10-8-7-9-15-11(10)17(12(16)18)14(4,5)6/h7-9H,1-6H3. The second-order valence-corrected chi connectivity index (χ2v) is 7.01. The molecule has 0 aliphatic heterocycles. The Morgan fingerprint density at radius 2 is 1.56 bits per heavy atom. The normalized spacial score (nSPS) is 13.2. The number of hydrogen-bond acceptors (Lipinski definition) is 2. The number of rotatable bonds is 0. The molecule has 0 saturated carbocycles. The van der Waals surface area contributed by atoms with Crippen molar-refractivity contribution in [1.82, 2.24) is 14.1 Å². The molecule has 0 unspecified atom stereocenters. The van der Waals surface area contributed by atoms with Crippen LogP contribution in [0.15, 0.2) is 18.3 Å². The van der Waals surface area contributed by atoms with Crippen molar-refractivity contribution in [2.75, 3.05) is 0 Å². The first-order chi connectivity index (χ1) is 8.14. The maximum Gasteiger partial charge on any atom is 0.182 e. The Labute approximate surface area is 113 Å². The van der Waals surface area contributed by atoms with E-state index < -0.39 is 0 Å². The first-order valence-electron chi connectivity index (χ1n) is 6.23. The summed E-state index contributed by atoms with van der Waals surface area (Å²) in [6.07, 6.45) is 1.83. The van der Waals surface area contributed by atoms with Crippen LogP contribution in [0.2, 0.25) is 0 Å². The van der Waals surface area contributed by atoms with E-state index in [1.54, 1.807) is 0 Å². The van der Waals surface area contributed by atoms with E-state index in [-0.39, 0.29) is 11.1 Å². The summed E-state index contributed by atoms with van der Waals surface area (Å²) in [4.78, 5) is 4.52. The first-order valence-corrected chi connectivity index (χ1v) is 6.64. The number of imidazole rings is 1. The highest BCUT2D eigenvalue weighted by molar-refractivity contribution is 7.71. The smallest absolute Gasteiger partial charge is 0.182 e. The molecule has 0 saturated heterocycles. The Bertz CT molecular complexity index is 582. The minimum absolute atomic E-state index is 0.0468. The molecule has 2 aromatic rings. The van der Waals surface area contributed by atoms with E-state index in [0.717, 1.165) is 15.9 Å². The van der Waals surface area contributed by atoms with Gasteiger partial charge in [0, 0.05) is 17.3 Å². The van der Waals surface area contributed by atoms with Gasteiger partial charge in [0.05, 0.1) is 5.52 Å². The molecule has 3 nitrogen and oxygen atoms in total. The zero-order chi connectivity index (χ0) is 13.7. The van der Waals surface area contributed by atoms with Crippen molar-refractivity contribution in [3.05, 3.63) is 23.1 Å². The van der Waals surface area contributed by atoms with Gasteiger partial charge in [0.15, 0.2) is 10.4 Å². The Hall–Kier alpha value is -1.16. The van der Waals surface area contributed by atoms with Gasteiger partial charge in [0.25, 0.3) is 0 Å². The van der Waals surface area contributed by atoms with Crippen LogP contribution in [-0.4, -0.2) is 14.1 Å². The molecule has 0 N–H and O–H groups in total. The molecule has 0 aliphatic carbocycles. The number of aromatic nitrogens is 3. The summed E-state index contributed by atoms with van der Waals surface area (Å²) >= 11 is 5.68. The van der Waals surface area contributed by atoms with Crippen LogP contribution in [0, 0.1) is 4.77 Å². The van der Waals surface area contributed by atoms with Crippen LogP contribution in [0.3, 0.4) is 0 Å². The van der Waals surface area contributed by atoms with E-state index in [1.807, 2.05) is 12.3 Å². The van der Waals surface area contributed by atoms with Crippen molar-refractivity contribution in [1.29, 1.82) is 0 Å². The van der Waals surface area contributed by atoms with E-state index in [9.17, 15) is 0 Å². The second kappa shape index (κ2) is 3.92. The van der Waals surface area contributed by atoms with Gasteiger partial charge in [-0.1, -0.05) is 0 Å². The van der Waals surface area contributed by atoms with Crippen LogP contribution < -0.4 is 0 Å². The number of pyridine rings is 1. The second-order valence-electron chi connectivity index (χ2n) is 6.64. The van der Waals surface area contributed by atoms with Gasteiger partial charge in [-0.25, -0.2) is 4.98 Å². The zero-order valence-corrected chi connectivity index (χ0v) is 12.8. The zero-order valence-electron chi connectivity index (χ0n) is 12.0. The average Bonchev–Trinajstić information content (AvgIpc) is 2.47. The Morgan fingerprint density at radius 3 is 2.06 bits per heavy atom. The molecule has 2 rings (SSSR count). The molecule has 4 heteroatoms.